The van der Waals surface area contributed by atoms with Crippen LogP contribution in [0.25, 0.3) is 0 Å². The Labute approximate surface area is 165 Å². The lowest BCUT2D eigenvalue weighted by molar-refractivity contribution is -0.121. The number of carbonyl (C=O) groups is 1. The van der Waals surface area contributed by atoms with E-state index in [1.165, 1.54) is 12.1 Å². The molecule has 0 aliphatic rings. The molecule has 0 radical (unpaired) electrons. The van der Waals surface area contributed by atoms with Crippen molar-refractivity contribution in [3.63, 3.8) is 0 Å². The Hall–Kier alpha value is -2.98. The second-order valence-electron chi connectivity index (χ2n) is 7.17. The van der Waals surface area contributed by atoms with Gasteiger partial charge in [0.1, 0.15) is 11.9 Å². The molecule has 28 heavy (non-hydrogen) atoms. The molecule has 3 aromatic carbocycles. The van der Waals surface area contributed by atoms with Crippen LogP contribution in [-0.4, -0.2) is 17.9 Å². The Bertz CT molecular complexity index is 956. The molecule has 1 N–H and O–H groups in total. The van der Waals surface area contributed by atoms with Gasteiger partial charge in [-0.25, -0.2) is 4.39 Å². The van der Waals surface area contributed by atoms with Crippen LogP contribution in [0.5, 0.6) is 0 Å². The van der Waals surface area contributed by atoms with E-state index in [0.717, 1.165) is 27.9 Å². The molecule has 0 spiro atoms. The van der Waals surface area contributed by atoms with Crippen LogP contribution in [0, 0.1) is 19.7 Å². The van der Waals surface area contributed by atoms with Gasteiger partial charge in [0.2, 0.25) is 5.91 Å². The van der Waals surface area contributed by atoms with E-state index in [0.29, 0.717) is 6.54 Å². The molecule has 3 nitrogen and oxygen atoms in total. The van der Waals surface area contributed by atoms with Crippen molar-refractivity contribution in [1.29, 1.82) is 0 Å². The summed E-state index contributed by atoms with van der Waals surface area (Å²) in [6.07, 6.45) is 0. The summed E-state index contributed by atoms with van der Waals surface area (Å²) in [6.45, 7) is 4.43. The van der Waals surface area contributed by atoms with Gasteiger partial charge in [-0.05, 0) is 61.3 Å². The SMILES string of the molecule is Cc1ccc(C)c(NC(=O)[C@@H](c2ccccc2)N(C)Cc2cccc(F)c2)c1. The lowest BCUT2D eigenvalue weighted by atomic mass is 10.0. The van der Waals surface area contributed by atoms with Crippen molar-refractivity contribution in [2.75, 3.05) is 12.4 Å². The molecule has 144 valence electrons. The number of rotatable bonds is 6. The molecule has 1 atom stereocenters. The molecule has 0 aromatic heterocycles. The summed E-state index contributed by atoms with van der Waals surface area (Å²) in [4.78, 5) is 15.2. The first-order chi connectivity index (χ1) is 13.4. The van der Waals surface area contributed by atoms with Gasteiger partial charge in [-0.2, -0.15) is 0 Å². The number of anilines is 1. The highest BCUT2D eigenvalue weighted by molar-refractivity contribution is 5.96. The predicted octanol–water partition coefficient (Wildman–Crippen LogP) is 5.25. The van der Waals surface area contributed by atoms with Crippen LogP contribution in [0.15, 0.2) is 72.8 Å². The number of hydrogen-bond acceptors (Lipinski definition) is 2. The second-order valence-corrected chi connectivity index (χ2v) is 7.17. The molecular formula is C24H25FN2O. The Kier molecular flexibility index (Phi) is 6.22. The lowest BCUT2D eigenvalue weighted by Gasteiger charge is -2.28. The van der Waals surface area contributed by atoms with Crippen LogP contribution in [0.2, 0.25) is 0 Å². The normalized spacial score (nSPS) is 12.0. The van der Waals surface area contributed by atoms with Crippen LogP contribution in [-0.2, 0) is 11.3 Å². The molecule has 0 saturated heterocycles. The maximum Gasteiger partial charge on any atom is 0.246 e. The van der Waals surface area contributed by atoms with Crippen molar-refractivity contribution in [3.05, 3.63) is 101 Å². The average molecular weight is 376 g/mol. The van der Waals surface area contributed by atoms with Crippen molar-refractivity contribution in [1.82, 2.24) is 4.90 Å². The van der Waals surface area contributed by atoms with Crippen LogP contribution < -0.4 is 5.32 Å². The minimum absolute atomic E-state index is 0.112. The fraction of sp³-hybridized carbons (Fsp3) is 0.208. The molecule has 0 bridgehead atoms. The maximum atomic E-state index is 13.6. The van der Waals surface area contributed by atoms with E-state index in [1.54, 1.807) is 6.07 Å². The number of nitrogens with one attached hydrogen (secondary N) is 1. The third kappa shape index (κ3) is 4.84. The number of nitrogens with zero attached hydrogens (tertiary/aromatic N) is 1. The smallest absolute Gasteiger partial charge is 0.246 e. The van der Waals surface area contributed by atoms with Gasteiger partial charge in [0.05, 0.1) is 0 Å². The predicted molar refractivity (Wildman–Crippen MR) is 112 cm³/mol. The third-order valence-corrected chi connectivity index (χ3v) is 4.78. The Morgan fingerprint density at radius 3 is 2.46 bits per heavy atom. The monoisotopic (exact) mass is 376 g/mol. The number of aryl methyl sites for hydroxylation is 2. The summed E-state index contributed by atoms with van der Waals surface area (Å²) < 4.78 is 13.6. The summed E-state index contributed by atoms with van der Waals surface area (Å²) in [5, 5.41) is 3.07. The fourth-order valence-electron chi connectivity index (χ4n) is 3.33. The van der Waals surface area contributed by atoms with Crippen molar-refractivity contribution >= 4 is 11.6 Å². The largest absolute Gasteiger partial charge is 0.324 e. The van der Waals surface area contributed by atoms with Gasteiger partial charge < -0.3 is 5.32 Å². The zero-order chi connectivity index (χ0) is 20.1. The van der Waals surface area contributed by atoms with Crippen molar-refractivity contribution < 1.29 is 9.18 Å². The maximum absolute atomic E-state index is 13.6. The first-order valence-corrected chi connectivity index (χ1v) is 9.32. The number of halogens is 1. The van der Waals surface area contributed by atoms with Gasteiger partial charge in [0.15, 0.2) is 0 Å². The third-order valence-electron chi connectivity index (χ3n) is 4.78. The average Bonchev–Trinajstić information content (AvgIpc) is 2.66. The Morgan fingerprint density at radius 2 is 1.75 bits per heavy atom. The number of amides is 1. The van der Waals surface area contributed by atoms with E-state index in [4.69, 9.17) is 0 Å². The fourth-order valence-corrected chi connectivity index (χ4v) is 3.33. The van der Waals surface area contributed by atoms with Crippen molar-refractivity contribution in [2.24, 2.45) is 0 Å². The van der Waals surface area contributed by atoms with E-state index in [1.807, 2.05) is 80.4 Å². The Morgan fingerprint density at radius 1 is 1.00 bits per heavy atom. The van der Waals surface area contributed by atoms with Gasteiger partial charge in [0.25, 0.3) is 0 Å². The topological polar surface area (TPSA) is 32.3 Å². The van der Waals surface area contributed by atoms with Gasteiger partial charge in [-0.15, -0.1) is 0 Å². The van der Waals surface area contributed by atoms with Crippen LogP contribution >= 0.6 is 0 Å². The van der Waals surface area contributed by atoms with Crippen molar-refractivity contribution in [3.8, 4) is 0 Å². The van der Waals surface area contributed by atoms with E-state index < -0.39 is 6.04 Å². The van der Waals surface area contributed by atoms with Gasteiger partial charge in [0, 0.05) is 12.2 Å². The minimum atomic E-state index is -0.496. The zero-order valence-electron chi connectivity index (χ0n) is 16.4. The summed E-state index contributed by atoms with van der Waals surface area (Å²) in [7, 11) is 1.88. The number of likely N-dealkylation sites (N-methyl/N-ethyl adjacent to an activating group) is 1. The van der Waals surface area contributed by atoms with E-state index in [-0.39, 0.29) is 11.7 Å². The van der Waals surface area contributed by atoms with E-state index in [9.17, 15) is 9.18 Å². The molecule has 0 fully saturated rings. The first-order valence-electron chi connectivity index (χ1n) is 9.32. The van der Waals surface area contributed by atoms with Gasteiger partial charge in [-0.3, -0.25) is 9.69 Å². The highest BCUT2D eigenvalue weighted by Crippen LogP contribution is 2.25. The quantitative estimate of drug-likeness (QED) is 0.637. The van der Waals surface area contributed by atoms with E-state index in [2.05, 4.69) is 5.32 Å². The number of benzene rings is 3. The van der Waals surface area contributed by atoms with Gasteiger partial charge in [-0.1, -0.05) is 54.6 Å². The minimum Gasteiger partial charge on any atom is -0.324 e. The summed E-state index contributed by atoms with van der Waals surface area (Å²) in [6, 6.07) is 21.6. The molecule has 0 aliphatic heterocycles. The standard InChI is InChI=1S/C24H25FN2O/c1-17-12-13-18(2)22(14-17)26-24(28)23(20-9-5-4-6-10-20)27(3)16-19-8-7-11-21(25)15-19/h4-15,23H,16H2,1-3H3,(H,26,28)/t23-/m1/s1. The Balaban J connectivity index is 1.88. The number of hydrogen-bond donors (Lipinski definition) is 1. The molecule has 0 heterocycles. The lowest BCUT2D eigenvalue weighted by Crippen LogP contribution is -2.34. The molecule has 0 unspecified atom stereocenters. The van der Waals surface area contributed by atoms with E-state index >= 15 is 0 Å². The first kappa shape index (κ1) is 19.8. The highest BCUT2D eigenvalue weighted by atomic mass is 19.1. The molecule has 1 amide bonds. The summed E-state index contributed by atoms with van der Waals surface area (Å²) in [5.74, 6) is -0.388. The van der Waals surface area contributed by atoms with Crippen LogP contribution in [0.1, 0.15) is 28.3 Å². The molecule has 0 saturated carbocycles. The number of carbonyl (C=O) groups excluding carboxylic acids is 1. The highest BCUT2D eigenvalue weighted by Gasteiger charge is 2.25. The van der Waals surface area contributed by atoms with Crippen molar-refractivity contribution in [2.45, 2.75) is 26.4 Å². The zero-order valence-corrected chi connectivity index (χ0v) is 16.4. The molecule has 4 heteroatoms. The molecule has 0 aliphatic carbocycles. The van der Waals surface area contributed by atoms with Crippen LogP contribution in [0.3, 0.4) is 0 Å². The summed E-state index contributed by atoms with van der Waals surface area (Å²) in [5.41, 5.74) is 4.63. The van der Waals surface area contributed by atoms with Gasteiger partial charge >= 0.3 is 0 Å². The second kappa shape index (κ2) is 8.81. The van der Waals surface area contributed by atoms with Crippen LogP contribution in [0.4, 0.5) is 10.1 Å². The molecule has 3 rings (SSSR count). The molecule has 3 aromatic rings. The molecular weight excluding hydrogens is 351 g/mol. The summed E-state index contributed by atoms with van der Waals surface area (Å²) >= 11 is 0.